The fraction of sp³-hybridized carbons (Fsp3) is 1.00. The summed E-state index contributed by atoms with van der Waals surface area (Å²) in [5.41, 5.74) is 0. The van der Waals surface area contributed by atoms with Crippen molar-refractivity contribution >= 4 is 7.12 Å². The van der Waals surface area contributed by atoms with Crippen molar-refractivity contribution in [3.63, 3.8) is 0 Å². The van der Waals surface area contributed by atoms with Gasteiger partial charge in [-0.2, -0.15) is 0 Å². The van der Waals surface area contributed by atoms with Gasteiger partial charge in [-0.05, 0) is 31.7 Å². The van der Waals surface area contributed by atoms with E-state index in [1.54, 1.807) is 0 Å². The molecule has 0 aromatic rings. The zero-order valence-electron chi connectivity index (χ0n) is 5.38. The van der Waals surface area contributed by atoms with Gasteiger partial charge in [0.2, 0.25) is 0 Å². The van der Waals surface area contributed by atoms with Gasteiger partial charge in [-0.1, -0.05) is 0 Å². The maximum Gasteiger partial charge on any atom is 0.451 e. The van der Waals surface area contributed by atoms with Gasteiger partial charge in [-0.15, -0.1) is 0 Å². The lowest BCUT2D eigenvalue weighted by Gasteiger charge is -2.04. The Morgan fingerprint density at radius 2 is 2.33 bits per heavy atom. The molecule has 1 heterocycles. The molecular weight excluding hydrogens is 117 g/mol. The topological polar surface area (TPSA) is 52.5 Å². The predicted octanol–water partition coefficient (Wildman–Crippen LogP) is -0.931. The number of hydrogen-bond donors (Lipinski definition) is 3. The molecule has 9 heavy (non-hydrogen) atoms. The van der Waals surface area contributed by atoms with Crippen LogP contribution in [0.3, 0.4) is 0 Å². The summed E-state index contributed by atoms with van der Waals surface area (Å²) in [4.78, 5) is 0. The molecule has 0 aromatic carbocycles. The van der Waals surface area contributed by atoms with Crippen molar-refractivity contribution in [2.24, 2.45) is 5.92 Å². The standard InChI is InChI=1S/C5H12BNO2/c8-6(9)3-5-1-2-7-4-5/h5,7-9H,1-4H2. The molecule has 1 saturated heterocycles. The molecule has 0 amide bonds. The van der Waals surface area contributed by atoms with E-state index in [9.17, 15) is 0 Å². The molecule has 0 aromatic heterocycles. The molecule has 0 saturated carbocycles. The van der Waals surface area contributed by atoms with Crippen LogP contribution in [0.15, 0.2) is 0 Å². The second-order valence-corrected chi connectivity index (χ2v) is 2.58. The minimum absolute atomic E-state index is 0.477. The summed E-state index contributed by atoms with van der Waals surface area (Å²) in [6.07, 6.45) is 1.60. The SMILES string of the molecule is OB(O)CC1CCNC1. The van der Waals surface area contributed by atoms with Gasteiger partial charge in [0.05, 0.1) is 0 Å². The molecule has 0 aliphatic carbocycles. The van der Waals surface area contributed by atoms with E-state index < -0.39 is 7.12 Å². The van der Waals surface area contributed by atoms with E-state index in [-0.39, 0.29) is 0 Å². The maximum absolute atomic E-state index is 8.54. The zero-order valence-corrected chi connectivity index (χ0v) is 5.38. The van der Waals surface area contributed by atoms with Crippen molar-refractivity contribution in [2.45, 2.75) is 12.7 Å². The van der Waals surface area contributed by atoms with Gasteiger partial charge < -0.3 is 15.4 Å². The highest BCUT2D eigenvalue weighted by atomic mass is 16.4. The highest BCUT2D eigenvalue weighted by molar-refractivity contribution is 6.41. The largest absolute Gasteiger partial charge is 0.451 e. The van der Waals surface area contributed by atoms with Crippen LogP contribution in [0.1, 0.15) is 6.42 Å². The Morgan fingerprint density at radius 1 is 1.56 bits per heavy atom. The molecule has 0 radical (unpaired) electrons. The van der Waals surface area contributed by atoms with Crippen LogP contribution in [-0.2, 0) is 0 Å². The van der Waals surface area contributed by atoms with Gasteiger partial charge in [-0.25, -0.2) is 0 Å². The molecule has 0 bridgehead atoms. The van der Waals surface area contributed by atoms with E-state index in [2.05, 4.69) is 5.32 Å². The van der Waals surface area contributed by atoms with Crippen LogP contribution in [0, 0.1) is 5.92 Å². The summed E-state index contributed by atoms with van der Waals surface area (Å²) in [7, 11) is -1.12. The Hall–Kier alpha value is -0.0551. The molecule has 1 rings (SSSR count). The molecule has 1 aliphatic heterocycles. The molecule has 1 unspecified atom stereocenters. The molecule has 1 aliphatic rings. The molecule has 52 valence electrons. The first-order chi connectivity index (χ1) is 4.29. The van der Waals surface area contributed by atoms with E-state index in [4.69, 9.17) is 10.0 Å². The fourth-order valence-electron chi connectivity index (χ4n) is 1.21. The third-order valence-corrected chi connectivity index (χ3v) is 1.71. The number of hydrogen-bond acceptors (Lipinski definition) is 3. The second-order valence-electron chi connectivity index (χ2n) is 2.58. The maximum atomic E-state index is 8.54. The zero-order chi connectivity index (χ0) is 6.69. The molecule has 4 heteroatoms. The minimum Gasteiger partial charge on any atom is -0.427 e. The van der Waals surface area contributed by atoms with E-state index >= 15 is 0 Å². The third kappa shape index (κ3) is 2.34. The lowest BCUT2D eigenvalue weighted by molar-refractivity contribution is 0.390. The monoisotopic (exact) mass is 129 g/mol. The van der Waals surface area contributed by atoms with Gasteiger partial charge in [0.25, 0.3) is 0 Å². The van der Waals surface area contributed by atoms with Gasteiger partial charge in [0, 0.05) is 0 Å². The lowest BCUT2D eigenvalue weighted by Crippen LogP contribution is -2.18. The van der Waals surface area contributed by atoms with Crippen LogP contribution < -0.4 is 5.32 Å². The summed E-state index contributed by atoms with van der Waals surface area (Å²) >= 11 is 0. The van der Waals surface area contributed by atoms with E-state index in [0.717, 1.165) is 19.5 Å². The van der Waals surface area contributed by atoms with Crippen molar-refractivity contribution in [1.82, 2.24) is 5.32 Å². The predicted molar refractivity (Wildman–Crippen MR) is 36.0 cm³/mol. The highest BCUT2D eigenvalue weighted by Crippen LogP contribution is 2.12. The quantitative estimate of drug-likeness (QED) is 0.422. The summed E-state index contributed by atoms with van der Waals surface area (Å²) in [5.74, 6) is 0.477. The lowest BCUT2D eigenvalue weighted by atomic mass is 9.78. The van der Waals surface area contributed by atoms with Crippen LogP contribution in [0.25, 0.3) is 0 Å². The van der Waals surface area contributed by atoms with E-state index in [0.29, 0.717) is 12.2 Å². The van der Waals surface area contributed by atoms with Crippen molar-refractivity contribution in [3.05, 3.63) is 0 Å². The highest BCUT2D eigenvalue weighted by Gasteiger charge is 2.19. The second kappa shape index (κ2) is 3.20. The van der Waals surface area contributed by atoms with Crippen LogP contribution in [0.4, 0.5) is 0 Å². The average Bonchev–Trinajstić information content (AvgIpc) is 2.15. The van der Waals surface area contributed by atoms with Crippen molar-refractivity contribution < 1.29 is 10.0 Å². The first-order valence-electron chi connectivity index (χ1n) is 3.36. The molecule has 1 fully saturated rings. The van der Waals surface area contributed by atoms with Crippen LogP contribution in [0.2, 0.25) is 6.32 Å². The van der Waals surface area contributed by atoms with Crippen molar-refractivity contribution in [3.8, 4) is 0 Å². The first-order valence-corrected chi connectivity index (χ1v) is 3.36. The van der Waals surface area contributed by atoms with Crippen LogP contribution in [-0.4, -0.2) is 30.3 Å². The van der Waals surface area contributed by atoms with Crippen molar-refractivity contribution in [2.75, 3.05) is 13.1 Å². The summed E-state index contributed by atoms with van der Waals surface area (Å²) < 4.78 is 0. The first kappa shape index (κ1) is 7.06. The van der Waals surface area contributed by atoms with Crippen molar-refractivity contribution in [1.29, 1.82) is 0 Å². The molecule has 0 spiro atoms. The van der Waals surface area contributed by atoms with Crippen LogP contribution >= 0.6 is 0 Å². The Balaban J connectivity index is 2.11. The normalized spacial score (nSPS) is 26.7. The Labute approximate surface area is 55.2 Å². The summed E-state index contributed by atoms with van der Waals surface area (Å²) in [6, 6.07) is 0. The van der Waals surface area contributed by atoms with Gasteiger partial charge in [-0.3, -0.25) is 0 Å². The number of rotatable bonds is 2. The molecule has 1 atom stereocenters. The Kier molecular flexibility index (Phi) is 2.51. The van der Waals surface area contributed by atoms with E-state index in [1.165, 1.54) is 0 Å². The Morgan fingerprint density at radius 3 is 2.78 bits per heavy atom. The Bertz CT molecular complexity index is 83.0. The van der Waals surface area contributed by atoms with Gasteiger partial charge in [0.15, 0.2) is 0 Å². The molecule has 3 N–H and O–H groups in total. The fourth-order valence-corrected chi connectivity index (χ4v) is 1.21. The average molecular weight is 129 g/mol. The summed E-state index contributed by atoms with van der Waals surface area (Å²) in [6.45, 7) is 1.97. The van der Waals surface area contributed by atoms with Gasteiger partial charge in [0.1, 0.15) is 0 Å². The molecular formula is C5H12BNO2. The van der Waals surface area contributed by atoms with E-state index in [1.807, 2.05) is 0 Å². The van der Waals surface area contributed by atoms with Crippen LogP contribution in [0.5, 0.6) is 0 Å². The minimum atomic E-state index is -1.12. The summed E-state index contributed by atoms with van der Waals surface area (Å²) in [5, 5.41) is 20.2. The molecule has 3 nitrogen and oxygen atoms in total. The number of nitrogens with one attached hydrogen (secondary N) is 1. The smallest absolute Gasteiger partial charge is 0.427 e. The third-order valence-electron chi connectivity index (χ3n) is 1.71. The van der Waals surface area contributed by atoms with Gasteiger partial charge >= 0.3 is 7.12 Å².